The van der Waals surface area contributed by atoms with Crippen LogP contribution in [0, 0.1) is 5.92 Å². The summed E-state index contributed by atoms with van der Waals surface area (Å²) in [5.41, 5.74) is 1.93. The number of benzene rings is 2. The number of carbonyl (C=O) groups excluding carboxylic acids is 1. The molecule has 2 fully saturated rings. The Hall–Kier alpha value is -2.72. The molecular formula is C23H23N3O. The molecule has 2 aliphatic heterocycles. The van der Waals surface area contributed by atoms with E-state index in [2.05, 4.69) is 40.2 Å². The zero-order valence-electron chi connectivity index (χ0n) is 15.3. The van der Waals surface area contributed by atoms with Gasteiger partial charge in [-0.1, -0.05) is 54.6 Å². The fourth-order valence-corrected chi connectivity index (χ4v) is 4.53. The van der Waals surface area contributed by atoms with Crippen molar-refractivity contribution in [1.82, 2.24) is 14.8 Å². The number of amides is 1. The number of likely N-dealkylation sites (tertiary alicyclic amines) is 2. The monoisotopic (exact) mass is 357 g/mol. The van der Waals surface area contributed by atoms with Crippen LogP contribution in [0.4, 0.5) is 0 Å². The van der Waals surface area contributed by atoms with E-state index in [0.717, 1.165) is 49.3 Å². The van der Waals surface area contributed by atoms with Crippen LogP contribution in [0.2, 0.25) is 0 Å². The van der Waals surface area contributed by atoms with E-state index < -0.39 is 0 Å². The molecule has 2 aliphatic rings. The van der Waals surface area contributed by atoms with Crippen molar-refractivity contribution in [2.24, 2.45) is 5.92 Å². The smallest absolute Gasteiger partial charge is 0.273 e. The molecule has 5 rings (SSSR count). The van der Waals surface area contributed by atoms with Gasteiger partial charge in [0.2, 0.25) is 0 Å². The van der Waals surface area contributed by atoms with Crippen molar-refractivity contribution in [3.05, 3.63) is 78.1 Å². The SMILES string of the molecule is O=C(c1nccc2ccccc12)N1CC[C@@H]2CN(Cc3ccccc3)[C@@H]2C1. The number of piperidine rings is 1. The van der Waals surface area contributed by atoms with E-state index in [9.17, 15) is 4.79 Å². The summed E-state index contributed by atoms with van der Waals surface area (Å²) in [7, 11) is 0. The van der Waals surface area contributed by atoms with Crippen LogP contribution < -0.4 is 0 Å². The molecule has 136 valence electrons. The summed E-state index contributed by atoms with van der Waals surface area (Å²) in [6.45, 7) is 3.76. The molecule has 0 N–H and O–H groups in total. The molecule has 0 spiro atoms. The summed E-state index contributed by atoms with van der Waals surface area (Å²) in [5.74, 6) is 0.787. The first-order chi connectivity index (χ1) is 13.3. The normalized spacial score (nSPS) is 22.3. The Balaban J connectivity index is 1.33. The molecule has 1 amide bonds. The topological polar surface area (TPSA) is 36.4 Å². The van der Waals surface area contributed by atoms with E-state index in [4.69, 9.17) is 0 Å². The molecule has 2 atom stereocenters. The van der Waals surface area contributed by atoms with Crippen LogP contribution in [0.3, 0.4) is 0 Å². The standard InChI is InChI=1S/C23H23N3O/c27-23(22-20-9-5-4-8-18(20)10-12-24-22)25-13-11-19-15-26(21(19)16-25)14-17-6-2-1-3-7-17/h1-10,12,19,21H,11,13-16H2/t19-,21-/m1/s1. The van der Waals surface area contributed by atoms with Gasteiger partial charge in [-0.25, -0.2) is 0 Å². The maximum atomic E-state index is 13.2. The van der Waals surface area contributed by atoms with E-state index in [0.29, 0.717) is 11.7 Å². The van der Waals surface area contributed by atoms with Crippen LogP contribution in [0.15, 0.2) is 66.9 Å². The van der Waals surface area contributed by atoms with Gasteiger partial charge in [0.25, 0.3) is 5.91 Å². The number of hydrogen-bond donors (Lipinski definition) is 0. The Morgan fingerprint density at radius 3 is 2.70 bits per heavy atom. The predicted molar refractivity (Wildman–Crippen MR) is 106 cm³/mol. The van der Waals surface area contributed by atoms with Gasteiger partial charge in [0, 0.05) is 43.8 Å². The first-order valence-electron chi connectivity index (χ1n) is 9.70. The van der Waals surface area contributed by atoms with Gasteiger partial charge in [-0.2, -0.15) is 0 Å². The lowest BCUT2D eigenvalue weighted by atomic mass is 9.82. The average molecular weight is 357 g/mol. The predicted octanol–water partition coefficient (Wildman–Crippen LogP) is 3.58. The summed E-state index contributed by atoms with van der Waals surface area (Å²) in [6, 6.07) is 21.0. The van der Waals surface area contributed by atoms with Crippen molar-refractivity contribution >= 4 is 16.7 Å². The lowest BCUT2D eigenvalue weighted by Crippen LogP contribution is -2.64. The summed E-state index contributed by atoms with van der Waals surface area (Å²) in [6.07, 6.45) is 2.83. The van der Waals surface area contributed by atoms with Gasteiger partial charge < -0.3 is 4.90 Å². The number of hydrogen-bond acceptors (Lipinski definition) is 3. The first-order valence-corrected chi connectivity index (χ1v) is 9.70. The maximum absolute atomic E-state index is 13.2. The van der Waals surface area contributed by atoms with Crippen molar-refractivity contribution < 1.29 is 4.79 Å². The minimum atomic E-state index is 0.0665. The van der Waals surface area contributed by atoms with Crippen molar-refractivity contribution in [1.29, 1.82) is 0 Å². The molecule has 3 heterocycles. The van der Waals surface area contributed by atoms with E-state index in [1.807, 2.05) is 35.2 Å². The summed E-state index contributed by atoms with van der Waals surface area (Å²) in [4.78, 5) is 22.1. The lowest BCUT2D eigenvalue weighted by Gasteiger charge is -2.53. The number of carbonyl (C=O) groups is 1. The summed E-state index contributed by atoms with van der Waals surface area (Å²) in [5, 5.41) is 2.02. The average Bonchev–Trinajstić information content (AvgIpc) is 2.72. The Morgan fingerprint density at radius 1 is 1.00 bits per heavy atom. The summed E-state index contributed by atoms with van der Waals surface area (Å²) < 4.78 is 0. The highest BCUT2D eigenvalue weighted by atomic mass is 16.2. The van der Waals surface area contributed by atoms with Crippen LogP contribution >= 0.6 is 0 Å². The molecule has 0 saturated carbocycles. The molecule has 3 aromatic rings. The largest absolute Gasteiger partial charge is 0.336 e. The van der Waals surface area contributed by atoms with Crippen molar-refractivity contribution in [2.45, 2.75) is 19.0 Å². The minimum Gasteiger partial charge on any atom is -0.336 e. The summed E-state index contributed by atoms with van der Waals surface area (Å²) >= 11 is 0. The molecule has 4 nitrogen and oxygen atoms in total. The zero-order valence-corrected chi connectivity index (χ0v) is 15.3. The van der Waals surface area contributed by atoms with Crippen molar-refractivity contribution in [3.8, 4) is 0 Å². The highest BCUT2D eigenvalue weighted by Gasteiger charge is 2.43. The Bertz CT molecular complexity index is 966. The van der Waals surface area contributed by atoms with Crippen molar-refractivity contribution in [3.63, 3.8) is 0 Å². The third kappa shape index (κ3) is 3.00. The van der Waals surface area contributed by atoms with Crippen molar-refractivity contribution in [2.75, 3.05) is 19.6 Å². The maximum Gasteiger partial charge on any atom is 0.273 e. The second-order valence-electron chi connectivity index (χ2n) is 7.66. The zero-order chi connectivity index (χ0) is 18.2. The number of rotatable bonds is 3. The van der Waals surface area contributed by atoms with Gasteiger partial charge in [0.05, 0.1) is 0 Å². The number of fused-ring (bicyclic) bond motifs is 2. The van der Waals surface area contributed by atoms with Gasteiger partial charge in [0.1, 0.15) is 5.69 Å². The highest BCUT2D eigenvalue weighted by Crippen LogP contribution is 2.34. The van der Waals surface area contributed by atoms with Gasteiger partial charge in [-0.05, 0) is 29.4 Å². The van der Waals surface area contributed by atoms with E-state index >= 15 is 0 Å². The lowest BCUT2D eigenvalue weighted by molar-refractivity contribution is -0.0428. The van der Waals surface area contributed by atoms with Crippen LogP contribution in [0.1, 0.15) is 22.5 Å². The van der Waals surface area contributed by atoms with Gasteiger partial charge >= 0.3 is 0 Å². The second-order valence-corrected chi connectivity index (χ2v) is 7.66. The van der Waals surface area contributed by atoms with Gasteiger partial charge in [0.15, 0.2) is 0 Å². The number of nitrogens with zero attached hydrogens (tertiary/aromatic N) is 3. The molecule has 0 bridgehead atoms. The van der Waals surface area contributed by atoms with Crippen LogP contribution in [-0.4, -0.2) is 46.4 Å². The third-order valence-corrected chi connectivity index (χ3v) is 6.05. The first kappa shape index (κ1) is 16.5. The molecule has 2 aromatic carbocycles. The minimum absolute atomic E-state index is 0.0665. The molecule has 2 saturated heterocycles. The third-order valence-electron chi connectivity index (χ3n) is 6.05. The van der Waals surface area contributed by atoms with E-state index in [1.54, 1.807) is 6.20 Å². The van der Waals surface area contributed by atoms with E-state index in [1.165, 1.54) is 5.56 Å². The quantitative estimate of drug-likeness (QED) is 0.719. The highest BCUT2D eigenvalue weighted by molar-refractivity contribution is 6.05. The Morgan fingerprint density at radius 2 is 1.81 bits per heavy atom. The molecule has 1 aromatic heterocycles. The van der Waals surface area contributed by atoms with Crippen LogP contribution in [-0.2, 0) is 6.54 Å². The molecule has 0 unspecified atom stereocenters. The molecule has 4 heteroatoms. The van der Waals surface area contributed by atoms with Crippen LogP contribution in [0.5, 0.6) is 0 Å². The molecule has 0 radical (unpaired) electrons. The van der Waals surface area contributed by atoms with Crippen LogP contribution in [0.25, 0.3) is 10.8 Å². The fraction of sp³-hybridized carbons (Fsp3) is 0.304. The molecule has 0 aliphatic carbocycles. The van der Waals surface area contributed by atoms with Gasteiger partial charge in [-0.15, -0.1) is 0 Å². The van der Waals surface area contributed by atoms with Gasteiger partial charge in [-0.3, -0.25) is 14.7 Å². The van der Waals surface area contributed by atoms with E-state index in [-0.39, 0.29) is 5.91 Å². The second kappa shape index (κ2) is 6.78. The fourth-order valence-electron chi connectivity index (χ4n) is 4.53. The Kier molecular flexibility index (Phi) is 4.13. The molecular weight excluding hydrogens is 334 g/mol. The number of aromatic nitrogens is 1. The number of pyridine rings is 1. The molecule has 27 heavy (non-hydrogen) atoms. The Labute approximate surface area is 159 Å².